The van der Waals surface area contributed by atoms with Gasteiger partial charge in [-0.3, -0.25) is 0 Å². The van der Waals surface area contributed by atoms with E-state index in [4.69, 9.17) is 0 Å². The van der Waals surface area contributed by atoms with Crippen LogP contribution in [0.2, 0.25) is 0 Å². The van der Waals surface area contributed by atoms with Gasteiger partial charge in [-0.15, -0.1) is 0 Å². The molecule has 0 aliphatic carbocycles. The first-order valence-corrected chi connectivity index (χ1v) is 6.72. The summed E-state index contributed by atoms with van der Waals surface area (Å²) in [5, 5.41) is 3.27. The maximum absolute atomic E-state index is 12.7. The number of halogens is 3. The molecule has 3 nitrogen and oxygen atoms in total. The van der Waals surface area contributed by atoms with Crippen LogP contribution < -0.4 is 5.32 Å². The SMILES string of the molecule is CCNC(c1cn(C)cn1)c1ccc(C(F)(F)F)cc1C. The number of benzene rings is 1. The number of alkyl halides is 3. The predicted molar refractivity (Wildman–Crippen MR) is 74.9 cm³/mol. The molecule has 114 valence electrons. The Balaban J connectivity index is 2.42. The average Bonchev–Trinajstić information content (AvgIpc) is 2.82. The fourth-order valence-electron chi connectivity index (χ4n) is 2.34. The molecule has 0 saturated carbocycles. The first kappa shape index (κ1) is 15.6. The standard InChI is InChI=1S/C15H18F3N3/c1-4-19-14(13-8-21(3)9-20-13)12-6-5-11(7-10(12)2)15(16,17)18/h5-9,14,19H,4H2,1-3H3. The normalized spacial score (nSPS) is 13.4. The molecule has 0 amide bonds. The molecule has 0 aliphatic rings. The molecule has 6 heteroatoms. The Bertz CT molecular complexity index is 617. The second kappa shape index (κ2) is 5.89. The van der Waals surface area contributed by atoms with E-state index < -0.39 is 11.7 Å². The van der Waals surface area contributed by atoms with Crippen LogP contribution in [0, 0.1) is 6.92 Å². The predicted octanol–water partition coefficient (Wildman–Crippen LogP) is 3.45. The van der Waals surface area contributed by atoms with Gasteiger partial charge in [0.05, 0.1) is 23.6 Å². The molecule has 0 radical (unpaired) electrons. The lowest BCUT2D eigenvalue weighted by Gasteiger charge is -2.19. The minimum atomic E-state index is -4.32. The van der Waals surface area contributed by atoms with E-state index in [1.54, 1.807) is 13.3 Å². The summed E-state index contributed by atoms with van der Waals surface area (Å²) >= 11 is 0. The van der Waals surface area contributed by atoms with Crippen LogP contribution in [0.4, 0.5) is 13.2 Å². The van der Waals surface area contributed by atoms with E-state index in [2.05, 4.69) is 10.3 Å². The summed E-state index contributed by atoms with van der Waals surface area (Å²) in [7, 11) is 1.86. The third-order valence-corrected chi connectivity index (χ3v) is 3.34. The molecule has 2 rings (SSSR count). The van der Waals surface area contributed by atoms with Crippen LogP contribution >= 0.6 is 0 Å². The van der Waals surface area contributed by atoms with E-state index in [-0.39, 0.29) is 6.04 Å². The molecule has 0 saturated heterocycles. The highest BCUT2D eigenvalue weighted by Crippen LogP contribution is 2.32. The minimum absolute atomic E-state index is 0.210. The Morgan fingerprint density at radius 1 is 1.33 bits per heavy atom. The molecule has 21 heavy (non-hydrogen) atoms. The average molecular weight is 297 g/mol. The summed E-state index contributed by atoms with van der Waals surface area (Å²) in [6.45, 7) is 4.34. The zero-order valence-corrected chi connectivity index (χ0v) is 12.2. The number of nitrogens with zero attached hydrogens (tertiary/aromatic N) is 2. The first-order valence-electron chi connectivity index (χ1n) is 6.72. The number of nitrogens with one attached hydrogen (secondary N) is 1. The zero-order chi connectivity index (χ0) is 15.6. The number of rotatable bonds is 4. The van der Waals surface area contributed by atoms with Gasteiger partial charge in [0, 0.05) is 13.2 Å². The fraction of sp³-hybridized carbons (Fsp3) is 0.400. The second-order valence-corrected chi connectivity index (χ2v) is 5.02. The van der Waals surface area contributed by atoms with Crippen LogP contribution in [0.5, 0.6) is 0 Å². The van der Waals surface area contributed by atoms with E-state index in [9.17, 15) is 13.2 Å². The second-order valence-electron chi connectivity index (χ2n) is 5.02. The Morgan fingerprint density at radius 2 is 2.05 bits per heavy atom. The maximum atomic E-state index is 12.7. The number of aryl methyl sites for hydroxylation is 2. The first-order chi connectivity index (χ1) is 9.82. The van der Waals surface area contributed by atoms with Gasteiger partial charge in [-0.05, 0) is 36.7 Å². The molecule has 1 atom stereocenters. The van der Waals surface area contributed by atoms with Gasteiger partial charge in [-0.1, -0.05) is 13.0 Å². The van der Waals surface area contributed by atoms with Crippen molar-refractivity contribution in [1.29, 1.82) is 0 Å². The summed E-state index contributed by atoms with van der Waals surface area (Å²) < 4.78 is 40.0. The van der Waals surface area contributed by atoms with Crippen LogP contribution in [0.3, 0.4) is 0 Å². The van der Waals surface area contributed by atoms with Crippen LogP contribution in [-0.4, -0.2) is 16.1 Å². The number of hydrogen-bond donors (Lipinski definition) is 1. The van der Waals surface area contributed by atoms with E-state index in [0.717, 1.165) is 17.3 Å². The van der Waals surface area contributed by atoms with Crippen molar-refractivity contribution < 1.29 is 13.2 Å². The van der Waals surface area contributed by atoms with Crippen LogP contribution in [0.1, 0.15) is 35.3 Å². The van der Waals surface area contributed by atoms with Crippen molar-refractivity contribution in [2.24, 2.45) is 7.05 Å². The molecule has 0 spiro atoms. The zero-order valence-electron chi connectivity index (χ0n) is 12.2. The van der Waals surface area contributed by atoms with Crippen LogP contribution in [0.15, 0.2) is 30.7 Å². The molecular formula is C15H18F3N3. The van der Waals surface area contributed by atoms with E-state index in [1.807, 2.05) is 24.7 Å². The van der Waals surface area contributed by atoms with Crippen molar-refractivity contribution in [3.63, 3.8) is 0 Å². The third kappa shape index (κ3) is 3.44. The molecule has 1 aromatic heterocycles. The van der Waals surface area contributed by atoms with Crippen molar-refractivity contribution >= 4 is 0 Å². The lowest BCUT2D eigenvalue weighted by Crippen LogP contribution is -2.23. The summed E-state index contributed by atoms with van der Waals surface area (Å²) in [6, 6.07) is 3.62. The molecule has 0 fully saturated rings. The lowest BCUT2D eigenvalue weighted by molar-refractivity contribution is -0.137. The summed E-state index contributed by atoms with van der Waals surface area (Å²) in [4.78, 5) is 4.30. The van der Waals surface area contributed by atoms with Crippen LogP contribution in [-0.2, 0) is 13.2 Å². The summed E-state index contributed by atoms with van der Waals surface area (Å²) in [5.41, 5.74) is 1.58. The smallest absolute Gasteiger partial charge is 0.340 e. The van der Waals surface area contributed by atoms with Gasteiger partial charge in [0.1, 0.15) is 0 Å². The Hall–Kier alpha value is -1.82. The van der Waals surface area contributed by atoms with Gasteiger partial charge in [0.25, 0.3) is 0 Å². The molecule has 1 heterocycles. The van der Waals surface area contributed by atoms with Crippen LogP contribution in [0.25, 0.3) is 0 Å². The van der Waals surface area contributed by atoms with Gasteiger partial charge in [-0.25, -0.2) is 4.98 Å². The maximum Gasteiger partial charge on any atom is 0.416 e. The number of aromatic nitrogens is 2. The van der Waals surface area contributed by atoms with Gasteiger partial charge in [-0.2, -0.15) is 13.2 Å². The van der Waals surface area contributed by atoms with E-state index in [0.29, 0.717) is 12.1 Å². The fourth-order valence-corrected chi connectivity index (χ4v) is 2.34. The Labute approximate surface area is 121 Å². The monoisotopic (exact) mass is 297 g/mol. The molecule has 2 aromatic rings. The lowest BCUT2D eigenvalue weighted by atomic mass is 9.97. The quantitative estimate of drug-likeness (QED) is 0.937. The van der Waals surface area contributed by atoms with Gasteiger partial charge >= 0.3 is 6.18 Å². The molecule has 0 bridgehead atoms. The molecule has 1 N–H and O–H groups in total. The topological polar surface area (TPSA) is 29.9 Å². The van der Waals surface area contributed by atoms with E-state index >= 15 is 0 Å². The van der Waals surface area contributed by atoms with Crippen molar-refractivity contribution in [3.05, 3.63) is 53.1 Å². The van der Waals surface area contributed by atoms with Crippen molar-refractivity contribution in [2.75, 3.05) is 6.54 Å². The van der Waals surface area contributed by atoms with Gasteiger partial charge in [0.2, 0.25) is 0 Å². The largest absolute Gasteiger partial charge is 0.416 e. The van der Waals surface area contributed by atoms with Gasteiger partial charge in [0.15, 0.2) is 0 Å². The van der Waals surface area contributed by atoms with Crippen molar-refractivity contribution in [2.45, 2.75) is 26.1 Å². The molecular weight excluding hydrogens is 279 g/mol. The third-order valence-electron chi connectivity index (χ3n) is 3.34. The highest BCUT2D eigenvalue weighted by Gasteiger charge is 2.31. The summed E-state index contributed by atoms with van der Waals surface area (Å²) in [5.74, 6) is 0. The Morgan fingerprint density at radius 3 is 2.52 bits per heavy atom. The highest BCUT2D eigenvalue weighted by atomic mass is 19.4. The number of hydrogen-bond acceptors (Lipinski definition) is 2. The minimum Gasteiger partial charge on any atom is -0.340 e. The Kier molecular flexibility index (Phi) is 4.37. The molecule has 0 aliphatic heterocycles. The summed E-state index contributed by atoms with van der Waals surface area (Å²) in [6.07, 6.45) is -0.772. The highest BCUT2D eigenvalue weighted by molar-refractivity contribution is 5.38. The molecule has 1 unspecified atom stereocenters. The van der Waals surface area contributed by atoms with Crippen molar-refractivity contribution in [3.8, 4) is 0 Å². The number of imidazole rings is 1. The van der Waals surface area contributed by atoms with Gasteiger partial charge < -0.3 is 9.88 Å². The van der Waals surface area contributed by atoms with Crippen molar-refractivity contribution in [1.82, 2.24) is 14.9 Å². The molecule has 1 aromatic carbocycles. The van der Waals surface area contributed by atoms with E-state index in [1.165, 1.54) is 12.1 Å².